The number of ether oxygens (including phenoxy) is 1. The lowest BCUT2D eigenvalue weighted by Crippen LogP contribution is -2.04. The van der Waals surface area contributed by atoms with Gasteiger partial charge in [0, 0.05) is 5.56 Å². The Bertz CT molecular complexity index is 498. The zero-order valence-electron chi connectivity index (χ0n) is 8.15. The number of rotatable bonds is 1. The lowest BCUT2D eigenvalue weighted by atomic mass is 10.0. The first kappa shape index (κ1) is 9.41. The van der Waals surface area contributed by atoms with Crippen molar-refractivity contribution in [1.82, 2.24) is 0 Å². The fraction of sp³-hybridized carbons (Fsp3) is 0.182. The Hall–Kier alpha value is -2.15. The van der Waals surface area contributed by atoms with E-state index in [2.05, 4.69) is 9.73 Å². The fourth-order valence-corrected chi connectivity index (χ4v) is 1.52. The van der Waals surface area contributed by atoms with E-state index in [1.165, 1.54) is 7.11 Å². The number of esters is 1. The predicted octanol–water partition coefficient (Wildman–Crippen LogP) is 1.30. The fourth-order valence-electron chi connectivity index (χ4n) is 1.52. The van der Waals surface area contributed by atoms with Crippen LogP contribution in [0.1, 0.15) is 21.5 Å². The van der Waals surface area contributed by atoms with Gasteiger partial charge in [0.05, 0.1) is 19.2 Å². The van der Waals surface area contributed by atoms with Crippen LogP contribution < -0.4 is 0 Å². The van der Waals surface area contributed by atoms with Gasteiger partial charge in [-0.15, -0.1) is 0 Å². The summed E-state index contributed by atoms with van der Waals surface area (Å²) in [6, 6.07) is 7.13. The van der Waals surface area contributed by atoms with E-state index < -0.39 is 5.97 Å². The summed E-state index contributed by atoms with van der Waals surface area (Å²) in [6.45, 7) is 0.514. The molecule has 4 nitrogen and oxygen atoms in total. The molecule has 0 amide bonds. The molecule has 2 rings (SSSR count). The summed E-state index contributed by atoms with van der Waals surface area (Å²) in [5.41, 5.74) is 2.54. The smallest absolute Gasteiger partial charge is 0.337 e. The second-order valence-corrected chi connectivity index (χ2v) is 3.14. The highest BCUT2D eigenvalue weighted by Crippen LogP contribution is 2.20. The molecule has 0 unspecified atom stereocenters. The summed E-state index contributed by atoms with van der Waals surface area (Å²) in [6.07, 6.45) is 0. The number of nitriles is 1. The minimum Gasteiger partial charge on any atom is -0.465 e. The summed E-state index contributed by atoms with van der Waals surface area (Å²) in [7, 11) is 1.33. The van der Waals surface area contributed by atoms with E-state index in [9.17, 15) is 4.79 Å². The Morgan fingerprint density at radius 3 is 3.07 bits per heavy atom. The molecule has 4 heteroatoms. The Morgan fingerprint density at radius 1 is 1.60 bits per heavy atom. The number of benzene rings is 1. The van der Waals surface area contributed by atoms with Crippen molar-refractivity contribution in [2.24, 2.45) is 4.99 Å². The van der Waals surface area contributed by atoms with Crippen LogP contribution in [0.2, 0.25) is 0 Å². The maximum Gasteiger partial charge on any atom is 0.337 e. The number of fused-ring (bicyclic) bond motifs is 1. The monoisotopic (exact) mass is 200 g/mol. The third kappa shape index (κ3) is 1.48. The Kier molecular flexibility index (Phi) is 2.22. The molecule has 1 heterocycles. The topological polar surface area (TPSA) is 62.5 Å². The van der Waals surface area contributed by atoms with E-state index in [0.717, 1.165) is 11.1 Å². The number of aliphatic imine (C=N–C) groups is 1. The lowest BCUT2D eigenvalue weighted by Gasteiger charge is -2.02. The summed E-state index contributed by atoms with van der Waals surface area (Å²) >= 11 is 0. The number of hydrogen-bond acceptors (Lipinski definition) is 4. The van der Waals surface area contributed by atoms with Crippen LogP contribution >= 0.6 is 0 Å². The van der Waals surface area contributed by atoms with Gasteiger partial charge in [0.15, 0.2) is 0 Å². The Morgan fingerprint density at radius 2 is 2.40 bits per heavy atom. The van der Waals surface area contributed by atoms with E-state index in [-0.39, 0.29) is 0 Å². The molecular formula is C11H8N2O2. The van der Waals surface area contributed by atoms with Crippen LogP contribution in [0.3, 0.4) is 0 Å². The standard InChI is InChI=1S/C11H8N2O2/c1-15-11(14)7-2-3-8-6-13-10(5-12)9(8)4-7/h2-4H,6H2,1H3. The summed E-state index contributed by atoms with van der Waals surface area (Å²) in [5.74, 6) is -0.401. The van der Waals surface area contributed by atoms with E-state index >= 15 is 0 Å². The zero-order chi connectivity index (χ0) is 10.8. The second kappa shape index (κ2) is 3.54. The number of carbonyl (C=O) groups is 1. The molecule has 0 radical (unpaired) electrons. The third-order valence-electron chi connectivity index (χ3n) is 2.30. The van der Waals surface area contributed by atoms with Crippen molar-refractivity contribution >= 4 is 11.7 Å². The summed E-state index contributed by atoms with van der Waals surface area (Å²) < 4.78 is 4.60. The van der Waals surface area contributed by atoms with Crippen molar-refractivity contribution in [2.75, 3.05) is 7.11 Å². The molecule has 1 aromatic rings. The molecule has 0 aliphatic carbocycles. The van der Waals surface area contributed by atoms with Gasteiger partial charge in [-0.1, -0.05) is 6.07 Å². The van der Waals surface area contributed by atoms with Gasteiger partial charge in [-0.05, 0) is 17.7 Å². The zero-order valence-corrected chi connectivity index (χ0v) is 8.15. The molecule has 0 N–H and O–H groups in total. The molecule has 15 heavy (non-hydrogen) atoms. The first-order valence-corrected chi connectivity index (χ1v) is 4.42. The normalized spacial score (nSPS) is 12.7. The van der Waals surface area contributed by atoms with Crippen LogP contribution in [-0.2, 0) is 11.3 Å². The highest BCUT2D eigenvalue weighted by Gasteiger charge is 2.17. The van der Waals surface area contributed by atoms with E-state index in [4.69, 9.17) is 5.26 Å². The number of methoxy groups -OCH3 is 1. The molecule has 0 fully saturated rings. The minimum atomic E-state index is -0.401. The molecule has 0 saturated heterocycles. The van der Waals surface area contributed by atoms with Crippen molar-refractivity contribution < 1.29 is 9.53 Å². The molecule has 0 bridgehead atoms. The van der Waals surface area contributed by atoms with Crippen molar-refractivity contribution in [3.63, 3.8) is 0 Å². The van der Waals surface area contributed by atoms with Crippen LogP contribution in [0.15, 0.2) is 23.2 Å². The van der Waals surface area contributed by atoms with Crippen LogP contribution in [0, 0.1) is 11.3 Å². The van der Waals surface area contributed by atoms with Gasteiger partial charge < -0.3 is 4.74 Å². The van der Waals surface area contributed by atoms with Crippen LogP contribution in [0.4, 0.5) is 0 Å². The van der Waals surface area contributed by atoms with Crippen LogP contribution in [0.25, 0.3) is 0 Å². The quantitative estimate of drug-likeness (QED) is 0.642. The molecule has 0 atom stereocenters. The van der Waals surface area contributed by atoms with Crippen molar-refractivity contribution in [1.29, 1.82) is 5.26 Å². The average Bonchev–Trinajstić information content (AvgIpc) is 2.69. The van der Waals surface area contributed by atoms with Gasteiger partial charge in [-0.3, -0.25) is 4.99 Å². The average molecular weight is 200 g/mol. The number of carbonyl (C=O) groups excluding carboxylic acids is 1. The first-order chi connectivity index (χ1) is 7.26. The van der Waals surface area contributed by atoms with E-state index in [1.54, 1.807) is 18.2 Å². The first-order valence-electron chi connectivity index (χ1n) is 4.42. The van der Waals surface area contributed by atoms with E-state index in [0.29, 0.717) is 17.8 Å². The van der Waals surface area contributed by atoms with Gasteiger partial charge in [0.2, 0.25) is 0 Å². The number of nitrogens with zero attached hydrogens (tertiary/aromatic N) is 2. The summed E-state index contributed by atoms with van der Waals surface area (Å²) in [4.78, 5) is 15.3. The highest BCUT2D eigenvalue weighted by molar-refractivity contribution is 6.14. The molecule has 1 aliphatic rings. The highest BCUT2D eigenvalue weighted by atomic mass is 16.5. The Labute approximate surface area is 86.8 Å². The number of hydrogen-bond donors (Lipinski definition) is 0. The molecule has 0 aromatic heterocycles. The van der Waals surface area contributed by atoms with Crippen LogP contribution in [0.5, 0.6) is 0 Å². The van der Waals surface area contributed by atoms with Crippen molar-refractivity contribution in [2.45, 2.75) is 6.54 Å². The Balaban J connectivity index is 2.47. The largest absolute Gasteiger partial charge is 0.465 e. The maximum atomic E-state index is 11.3. The summed E-state index contributed by atoms with van der Waals surface area (Å²) in [5, 5.41) is 8.80. The van der Waals surface area contributed by atoms with E-state index in [1.807, 2.05) is 6.07 Å². The van der Waals surface area contributed by atoms with Crippen LogP contribution in [-0.4, -0.2) is 18.8 Å². The molecule has 0 saturated carbocycles. The lowest BCUT2D eigenvalue weighted by molar-refractivity contribution is 0.0600. The van der Waals surface area contributed by atoms with Crippen molar-refractivity contribution in [3.05, 3.63) is 34.9 Å². The molecular weight excluding hydrogens is 192 g/mol. The molecule has 1 aromatic carbocycles. The maximum absolute atomic E-state index is 11.3. The third-order valence-corrected chi connectivity index (χ3v) is 2.30. The molecule has 1 aliphatic heterocycles. The van der Waals surface area contributed by atoms with Gasteiger partial charge >= 0.3 is 5.97 Å². The molecule has 74 valence electrons. The van der Waals surface area contributed by atoms with Gasteiger partial charge in [-0.2, -0.15) is 5.26 Å². The predicted molar refractivity (Wildman–Crippen MR) is 53.6 cm³/mol. The van der Waals surface area contributed by atoms with Gasteiger partial charge in [0.25, 0.3) is 0 Å². The molecule has 0 spiro atoms. The van der Waals surface area contributed by atoms with Crippen molar-refractivity contribution in [3.8, 4) is 6.07 Å². The second-order valence-electron chi connectivity index (χ2n) is 3.14. The van der Waals surface area contributed by atoms with Gasteiger partial charge in [-0.25, -0.2) is 4.79 Å². The van der Waals surface area contributed by atoms with Gasteiger partial charge in [0.1, 0.15) is 11.8 Å². The SMILES string of the molecule is COC(=O)c1ccc2c(c1)C(C#N)=NC2. The minimum absolute atomic E-state index is 0.385.